The van der Waals surface area contributed by atoms with E-state index in [2.05, 4.69) is 3.63 Å². The van der Waals surface area contributed by atoms with Gasteiger partial charge in [0.15, 0.2) is 0 Å². The molecule has 66 valence electrons. The lowest BCUT2D eigenvalue weighted by Crippen LogP contribution is -1.97. The van der Waals surface area contributed by atoms with Crippen molar-refractivity contribution in [2.75, 3.05) is 5.75 Å². The maximum Gasteiger partial charge on any atom is 0.408 e. The van der Waals surface area contributed by atoms with Gasteiger partial charge in [0.05, 0.1) is 0 Å². The SMILES string of the molecule is CC=CCCSOS(=O)(=O)O. The molecule has 0 amide bonds. The summed E-state index contributed by atoms with van der Waals surface area (Å²) in [7, 11) is -4.27. The highest BCUT2D eigenvalue weighted by atomic mass is 32.3. The molecule has 0 aromatic rings. The zero-order chi connectivity index (χ0) is 8.74. The molecule has 0 bridgehead atoms. The summed E-state index contributed by atoms with van der Waals surface area (Å²) in [5.41, 5.74) is 0. The summed E-state index contributed by atoms with van der Waals surface area (Å²) < 4.78 is 32.0. The Morgan fingerprint density at radius 3 is 2.73 bits per heavy atom. The monoisotopic (exact) mass is 198 g/mol. The van der Waals surface area contributed by atoms with Crippen molar-refractivity contribution < 1.29 is 16.6 Å². The van der Waals surface area contributed by atoms with E-state index in [1.54, 1.807) is 0 Å². The van der Waals surface area contributed by atoms with E-state index in [0.717, 1.165) is 6.42 Å². The Morgan fingerprint density at radius 2 is 2.27 bits per heavy atom. The number of hydrogen-bond acceptors (Lipinski definition) is 4. The van der Waals surface area contributed by atoms with Crippen LogP contribution in [0.5, 0.6) is 0 Å². The van der Waals surface area contributed by atoms with E-state index in [1.807, 2.05) is 19.1 Å². The van der Waals surface area contributed by atoms with Gasteiger partial charge in [0.25, 0.3) is 0 Å². The summed E-state index contributed by atoms with van der Waals surface area (Å²) in [5, 5.41) is 0. The van der Waals surface area contributed by atoms with Gasteiger partial charge >= 0.3 is 10.4 Å². The summed E-state index contributed by atoms with van der Waals surface area (Å²) in [5.74, 6) is 0.504. The predicted molar refractivity (Wildman–Crippen MR) is 44.5 cm³/mol. The minimum absolute atomic E-state index is 0.504. The van der Waals surface area contributed by atoms with Crippen molar-refractivity contribution in [1.82, 2.24) is 0 Å². The maximum absolute atomic E-state index is 9.96. The fraction of sp³-hybridized carbons (Fsp3) is 0.600. The van der Waals surface area contributed by atoms with Gasteiger partial charge in [-0.15, -0.1) is 0 Å². The molecular weight excluding hydrogens is 188 g/mol. The van der Waals surface area contributed by atoms with Crippen molar-refractivity contribution in [3.8, 4) is 0 Å². The zero-order valence-electron chi connectivity index (χ0n) is 6.06. The van der Waals surface area contributed by atoms with E-state index in [9.17, 15) is 8.42 Å². The summed E-state index contributed by atoms with van der Waals surface area (Å²) in [6, 6.07) is 0. The van der Waals surface area contributed by atoms with Crippen LogP contribution >= 0.6 is 12.0 Å². The Labute approximate surface area is 70.8 Å². The lowest BCUT2D eigenvalue weighted by atomic mass is 10.4. The molecular formula is C5H10O4S2. The number of rotatable bonds is 5. The third-order valence-corrected chi connectivity index (χ3v) is 2.21. The fourth-order valence-corrected chi connectivity index (χ4v) is 1.37. The highest BCUT2D eigenvalue weighted by Crippen LogP contribution is 2.08. The first-order valence-electron chi connectivity index (χ1n) is 2.96. The second-order valence-corrected chi connectivity index (χ2v) is 3.72. The maximum atomic E-state index is 9.96. The van der Waals surface area contributed by atoms with Crippen LogP contribution in [0.15, 0.2) is 12.2 Å². The van der Waals surface area contributed by atoms with Crippen LogP contribution < -0.4 is 0 Å². The van der Waals surface area contributed by atoms with E-state index in [4.69, 9.17) is 4.55 Å². The Balaban J connectivity index is 3.29. The fourth-order valence-electron chi connectivity index (χ4n) is 0.378. The Morgan fingerprint density at radius 1 is 1.64 bits per heavy atom. The molecule has 0 aliphatic heterocycles. The molecule has 1 N–H and O–H groups in total. The van der Waals surface area contributed by atoms with Crippen molar-refractivity contribution in [3.63, 3.8) is 0 Å². The van der Waals surface area contributed by atoms with Crippen LogP contribution in [0.25, 0.3) is 0 Å². The van der Waals surface area contributed by atoms with Gasteiger partial charge in [0, 0.05) is 17.8 Å². The third-order valence-electron chi connectivity index (χ3n) is 0.738. The average molecular weight is 198 g/mol. The van der Waals surface area contributed by atoms with Crippen molar-refractivity contribution in [2.24, 2.45) is 0 Å². The highest BCUT2D eigenvalue weighted by molar-refractivity contribution is 8.02. The second kappa shape index (κ2) is 5.59. The van der Waals surface area contributed by atoms with E-state index in [0.29, 0.717) is 17.8 Å². The second-order valence-electron chi connectivity index (χ2n) is 1.68. The third kappa shape index (κ3) is 9.96. The summed E-state index contributed by atoms with van der Waals surface area (Å²) in [4.78, 5) is 0. The minimum atomic E-state index is -4.27. The summed E-state index contributed by atoms with van der Waals surface area (Å²) in [6.45, 7) is 1.87. The van der Waals surface area contributed by atoms with Gasteiger partial charge in [-0.05, 0) is 13.3 Å². The Bertz CT molecular complexity index is 207. The van der Waals surface area contributed by atoms with Crippen LogP contribution in [-0.2, 0) is 14.0 Å². The number of hydrogen-bond donors (Lipinski definition) is 1. The zero-order valence-corrected chi connectivity index (χ0v) is 7.69. The van der Waals surface area contributed by atoms with Crippen molar-refractivity contribution >= 4 is 22.4 Å². The Hall–Kier alpha value is -0.0400. The van der Waals surface area contributed by atoms with Gasteiger partial charge in [-0.3, -0.25) is 4.55 Å². The molecule has 0 aromatic carbocycles. The molecule has 6 heteroatoms. The molecule has 0 spiro atoms. The van der Waals surface area contributed by atoms with Crippen molar-refractivity contribution in [1.29, 1.82) is 0 Å². The van der Waals surface area contributed by atoms with E-state index >= 15 is 0 Å². The average Bonchev–Trinajstić information content (AvgIpc) is 1.85. The first-order valence-corrected chi connectivity index (χ1v) is 5.23. The molecule has 0 aromatic heterocycles. The molecule has 0 atom stereocenters. The van der Waals surface area contributed by atoms with Crippen molar-refractivity contribution in [2.45, 2.75) is 13.3 Å². The number of allylic oxidation sites excluding steroid dienone is 2. The summed E-state index contributed by atoms with van der Waals surface area (Å²) >= 11 is 0.711. The standard InChI is InChI=1S/C5H10O4S2/c1-2-3-4-5-10-9-11(6,7)8/h2-3H,4-5H2,1H3,(H,6,7,8). The molecule has 0 aliphatic rings. The van der Waals surface area contributed by atoms with Crippen LogP contribution in [0.4, 0.5) is 0 Å². The van der Waals surface area contributed by atoms with Gasteiger partial charge in [0.1, 0.15) is 0 Å². The first kappa shape index (κ1) is 11.0. The van der Waals surface area contributed by atoms with Gasteiger partial charge < -0.3 is 0 Å². The Kier molecular flexibility index (Phi) is 5.57. The molecule has 0 aliphatic carbocycles. The van der Waals surface area contributed by atoms with Crippen LogP contribution in [0.3, 0.4) is 0 Å². The van der Waals surface area contributed by atoms with Gasteiger partial charge in [-0.1, -0.05) is 12.2 Å². The molecule has 4 nitrogen and oxygen atoms in total. The molecule has 0 radical (unpaired) electrons. The first-order chi connectivity index (χ1) is 5.06. The van der Waals surface area contributed by atoms with Gasteiger partial charge in [0.2, 0.25) is 0 Å². The quantitative estimate of drug-likeness (QED) is 0.313. The molecule has 0 heterocycles. The molecule has 0 unspecified atom stereocenters. The van der Waals surface area contributed by atoms with Gasteiger partial charge in [-0.25, -0.2) is 0 Å². The van der Waals surface area contributed by atoms with Crippen LogP contribution in [0.1, 0.15) is 13.3 Å². The van der Waals surface area contributed by atoms with Crippen LogP contribution in [-0.4, -0.2) is 18.7 Å². The topological polar surface area (TPSA) is 63.6 Å². The lowest BCUT2D eigenvalue weighted by molar-refractivity contribution is 0.407. The summed E-state index contributed by atoms with van der Waals surface area (Å²) in [6.07, 6.45) is 4.45. The smallest absolute Gasteiger partial charge is 0.263 e. The highest BCUT2D eigenvalue weighted by Gasteiger charge is 2.02. The molecule has 0 saturated carbocycles. The molecule has 0 fully saturated rings. The van der Waals surface area contributed by atoms with E-state index in [1.165, 1.54) is 0 Å². The molecule has 0 saturated heterocycles. The predicted octanol–water partition coefficient (Wildman–Crippen LogP) is 1.42. The van der Waals surface area contributed by atoms with Crippen LogP contribution in [0.2, 0.25) is 0 Å². The van der Waals surface area contributed by atoms with E-state index in [-0.39, 0.29) is 0 Å². The molecule has 0 rings (SSSR count). The minimum Gasteiger partial charge on any atom is -0.263 e. The largest absolute Gasteiger partial charge is 0.408 e. The van der Waals surface area contributed by atoms with Crippen molar-refractivity contribution in [3.05, 3.63) is 12.2 Å². The van der Waals surface area contributed by atoms with Gasteiger partial charge in [-0.2, -0.15) is 12.0 Å². The normalized spacial score (nSPS) is 12.5. The molecule has 11 heavy (non-hydrogen) atoms. The lowest BCUT2D eigenvalue weighted by Gasteiger charge is -1.94. The van der Waals surface area contributed by atoms with Crippen LogP contribution in [0, 0.1) is 0 Å². The van der Waals surface area contributed by atoms with E-state index < -0.39 is 10.4 Å².